The Morgan fingerprint density at radius 1 is 1.42 bits per heavy atom. The number of hydrogen-bond donors (Lipinski definition) is 0. The molecule has 1 aromatic carbocycles. The SMILES string of the molecule is CC[C@H](C)C(=O)N=C1S[C@H]2CS(=O)(=O)C[C@H]2N1c1ccccc1Cl. The lowest BCUT2D eigenvalue weighted by molar-refractivity contribution is -0.121. The van der Waals surface area contributed by atoms with Crippen LogP contribution in [0.3, 0.4) is 0 Å². The first-order valence-electron chi connectivity index (χ1n) is 7.85. The van der Waals surface area contributed by atoms with Gasteiger partial charge < -0.3 is 4.90 Å². The van der Waals surface area contributed by atoms with Gasteiger partial charge in [0.25, 0.3) is 5.91 Å². The Kier molecular flexibility index (Phi) is 4.95. The Bertz CT molecular complexity index is 794. The molecule has 0 aliphatic carbocycles. The molecule has 0 bridgehead atoms. The van der Waals surface area contributed by atoms with Crippen LogP contribution < -0.4 is 4.90 Å². The summed E-state index contributed by atoms with van der Waals surface area (Å²) in [5.74, 6) is -0.165. The first-order valence-corrected chi connectivity index (χ1v) is 10.9. The average Bonchev–Trinajstić information content (AvgIpc) is 2.98. The normalized spacial score (nSPS) is 28.1. The lowest BCUT2D eigenvalue weighted by atomic mass is 10.1. The van der Waals surface area contributed by atoms with Crippen LogP contribution in [0.15, 0.2) is 29.3 Å². The summed E-state index contributed by atoms with van der Waals surface area (Å²) in [6, 6.07) is 7.02. The number of benzene rings is 1. The predicted molar refractivity (Wildman–Crippen MR) is 99.6 cm³/mol. The molecular formula is C16H19ClN2O3S2. The zero-order valence-electron chi connectivity index (χ0n) is 13.5. The van der Waals surface area contributed by atoms with Gasteiger partial charge in [-0.05, 0) is 18.6 Å². The van der Waals surface area contributed by atoms with E-state index in [1.807, 2.05) is 36.9 Å². The standard InChI is InChI=1S/C16H19ClN2O3S2/c1-3-10(2)15(20)18-16-19(12-7-5-4-6-11(12)17)13-8-24(21,22)9-14(13)23-16/h4-7,10,13-14H,3,8-9H2,1-2H3/t10-,13+,14-/m0/s1. The molecule has 2 heterocycles. The van der Waals surface area contributed by atoms with Crippen LogP contribution >= 0.6 is 23.4 Å². The second-order valence-corrected chi connectivity index (χ2v) is 9.93. The zero-order valence-corrected chi connectivity index (χ0v) is 15.9. The predicted octanol–water partition coefficient (Wildman–Crippen LogP) is 2.99. The van der Waals surface area contributed by atoms with E-state index in [2.05, 4.69) is 4.99 Å². The number of halogens is 1. The van der Waals surface area contributed by atoms with Crippen molar-refractivity contribution in [3.8, 4) is 0 Å². The number of rotatable bonds is 3. The number of amidine groups is 1. The first-order chi connectivity index (χ1) is 11.3. The molecule has 3 atom stereocenters. The third kappa shape index (κ3) is 3.34. The number of para-hydroxylation sites is 1. The van der Waals surface area contributed by atoms with E-state index >= 15 is 0 Å². The third-order valence-corrected chi connectivity index (χ3v) is 7.95. The molecule has 0 saturated carbocycles. The molecule has 0 radical (unpaired) electrons. The van der Waals surface area contributed by atoms with Crippen LogP contribution in [0, 0.1) is 5.92 Å². The monoisotopic (exact) mass is 386 g/mol. The lowest BCUT2D eigenvalue weighted by Crippen LogP contribution is -2.38. The summed E-state index contributed by atoms with van der Waals surface area (Å²) in [6.07, 6.45) is 0.716. The number of carbonyl (C=O) groups excluding carboxylic acids is 1. The summed E-state index contributed by atoms with van der Waals surface area (Å²) in [4.78, 5) is 18.4. The van der Waals surface area contributed by atoms with Gasteiger partial charge in [0, 0.05) is 11.2 Å². The van der Waals surface area contributed by atoms with Crippen molar-refractivity contribution in [3.05, 3.63) is 29.3 Å². The average molecular weight is 387 g/mol. The highest BCUT2D eigenvalue weighted by Crippen LogP contribution is 2.43. The Morgan fingerprint density at radius 3 is 2.79 bits per heavy atom. The zero-order chi connectivity index (χ0) is 17.5. The number of fused-ring (bicyclic) bond motifs is 1. The van der Waals surface area contributed by atoms with Crippen LogP contribution in [0.4, 0.5) is 5.69 Å². The molecule has 3 rings (SSSR count). The number of aliphatic imine (C=N–C) groups is 1. The fraction of sp³-hybridized carbons (Fsp3) is 0.500. The molecule has 8 heteroatoms. The first kappa shape index (κ1) is 17.8. The molecule has 1 amide bonds. The molecular weight excluding hydrogens is 368 g/mol. The molecule has 1 aromatic rings. The maximum atomic E-state index is 12.3. The minimum absolute atomic E-state index is 0.0619. The van der Waals surface area contributed by atoms with Crippen molar-refractivity contribution in [2.75, 3.05) is 16.4 Å². The number of amides is 1. The summed E-state index contributed by atoms with van der Waals surface area (Å²) in [5.41, 5.74) is 0.701. The number of nitrogens with zero attached hydrogens (tertiary/aromatic N) is 2. The molecule has 0 aromatic heterocycles. The molecule has 2 aliphatic heterocycles. The number of carbonyl (C=O) groups is 1. The molecule has 130 valence electrons. The maximum Gasteiger partial charge on any atom is 0.250 e. The van der Waals surface area contributed by atoms with Gasteiger partial charge in [-0.25, -0.2) is 8.42 Å². The number of thioether (sulfide) groups is 1. The van der Waals surface area contributed by atoms with Crippen LogP contribution in [0.2, 0.25) is 5.02 Å². The molecule has 2 saturated heterocycles. The van der Waals surface area contributed by atoms with E-state index in [1.54, 1.807) is 6.07 Å². The Hall–Kier alpha value is -1.05. The van der Waals surface area contributed by atoms with Crippen molar-refractivity contribution < 1.29 is 13.2 Å². The van der Waals surface area contributed by atoms with Crippen molar-refractivity contribution >= 4 is 50.0 Å². The van der Waals surface area contributed by atoms with E-state index in [0.29, 0.717) is 22.3 Å². The van der Waals surface area contributed by atoms with Crippen LogP contribution in [-0.4, -0.2) is 42.3 Å². The quantitative estimate of drug-likeness (QED) is 0.798. The highest BCUT2D eigenvalue weighted by atomic mass is 35.5. The summed E-state index contributed by atoms with van der Waals surface area (Å²) in [7, 11) is -3.08. The van der Waals surface area contributed by atoms with Crippen LogP contribution in [0.25, 0.3) is 0 Å². The lowest BCUT2D eigenvalue weighted by Gasteiger charge is -2.25. The summed E-state index contributed by atoms with van der Waals surface area (Å²) in [6.45, 7) is 3.79. The van der Waals surface area contributed by atoms with E-state index < -0.39 is 9.84 Å². The summed E-state index contributed by atoms with van der Waals surface area (Å²) < 4.78 is 24.0. The maximum absolute atomic E-state index is 12.3. The Balaban J connectivity index is 2.02. The molecule has 5 nitrogen and oxygen atoms in total. The van der Waals surface area contributed by atoms with E-state index in [-0.39, 0.29) is 34.6 Å². The minimum atomic E-state index is -3.08. The molecule has 2 fully saturated rings. The van der Waals surface area contributed by atoms with Gasteiger partial charge in [-0.3, -0.25) is 4.79 Å². The summed E-state index contributed by atoms with van der Waals surface area (Å²) in [5, 5.41) is 0.958. The van der Waals surface area contributed by atoms with E-state index in [4.69, 9.17) is 11.6 Å². The largest absolute Gasteiger partial charge is 0.314 e. The summed E-state index contributed by atoms with van der Waals surface area (Å²) >= 11 is 7.69. The van der Waals surface area contributed by atoms with Gasteiger partial charge in [-0.2, -0.15) is 4.99 Å². The van der Waals surface area contributed by atoms with Crippen molar-refractivity contribution in [2.45, 2.75) is 31.6 Å². The van der Waals surface area contributed by atoms with Crippen molar-refractivity contribution in [2.24, 2.45) is 10.9 Å². The van der Waals surface area contributed by atoms with Crippen LogP contribution in [-0.2, 0) is 14.6 Å². The van der Waals surface area contributed by atoms with E-state index in [0.717, 1.165) is 0 Å². The van der Waals surface area contributed by atoms with Crippen molar-refractivity contribution in [3.63, 3.8) is 0 Å². The van der Waals surface area contributed by atoms with Gasteiger partial charge in [-0.15, -0.1) is 0 Å². The molecule has 0 N–H and O–H groups in total. The second-order valence-electron chi connectivity index (χ2n) is 6.16. The van der Waals surface area contributed by atoms with Crippen LogP contribution in [0.1, 0.15) is 20.3 Å². The minimum Gasteiger partial charge on any atom is -0.314 e. The molecule has 0 unspecified atom stereocenters. The van der Waals surface area contributed by atoms with Crippen molar-refractivity contribution in [1.29, 1.82) is 0 Å². The third-order valence-electron chi connectivity index (χ3n) is 4.42. The smallest absolute Gasteiger partial charge is 0.250 e. The van der Waals surface area contributed by atoms with Gasteiger partial charge in [0.05, 0.1) is 28.3 Å². The highest BCUT2D eigenvalue weighted by Gasteiger charge is 2.49. The van der Waals surface area contributed by atoms with Gasteiger partial charge in [0.2, 0.25) is 0 Å². The fourth-order valence-corrected chi connectivity index (χ4v) is 7.01. The number of sulfone groups is 1. The molecule has 24 heavy (non-hydrogen) atoms. The van der Waals surface area contributed by atoms with Gasteiger partial charge >= 0.3 is 0 Å². The van der Waals surface area contributed by atoms with Crippen LogP contribution in [0.5, 0.6) is 0 Å². The van der Waals surface area contributed by atoms with E-state index in [1.165, 1.54) is 11.8 Å². The second kappa shape index (κ2) is 6.69. The van der Waals surface area contributed by atoms with Gasteiger partial charge in [-0.1, -0.05) is 49.3 Å². The Morgan fingerprint density at radius 2 is 2.12 bits per heavy atom. The highest BCUT2D eigenvalue weighted by molar-refractivity contribution is 8.16. The topological polar surface area (TPSA) is 66.8 Å². The fourth-order valence-electron chi connectivity index (χ4n) is 2.87. The molecule has 0 spiro atoms. The van der Waals surface area contributed by atoms with Crippen molar-refractivity contribution in [1.82, 2.24) is 0 Å². The number of hydrogen-bond acceptors (Lipinski definition) is 4. The van der Waals surface area contributed by atoms with Gasteiger partial charge in [0.1, 0.15) is 0 Å². The van der Waals surface area contributed by atoms with Gasteiger partial charge in [0.15, 0.2) is 15.0 Å². The molecule has 2 aliphatic rings. The van der Waals surface area contributed by atoms with E-state index in [9.17, 15) is 13.2 Å². The Labute approximate surface area is 151 Å². The number of anilines is 1.